The molecular formula is C25H21F2N7OS. The summed E-state index contributed by atoms with van der Waals surface area (Å²) >= 11 is 1.61. The van der Waals surface area contributed by atoms with Crippen molar-refractivity contribution >= 4 is 39.8 Å². The van der Waals surface area contributed by atoms with E-state index in [4.69, 9.17) is 5.73 Å². The summed E-state index contributed by atoms with van der Waals surface area (Å²) in [6.07, 6.45) is 3.05. The molecule has 36 heavy (non-hydrogen) atoms. The number of carbonyl (C=O) groups is 1. The van der Waals surface area contributed by atoms with E-state index in [1.54, 1.807) is 24.6 Å². The highest BCUT2D eigenvalue weighted by Gasteiger charge is 2.16. The van der Waals surface area contributed by atoms with Gasteiger partial charge in [-0.3, -0.25) is 9.48 Å². The molecule has 0 aliphatic carbocycles. The molecule has 182 valence electrons. The number of hydrogen-bond acceptors (Lipinski definition) is 7. The molecule has 1 amide bonds. The Morgan fingerprint density at radius 3 is 2.75 bits per heavy atom. The van der Waals surface area contributed by atoms with Gasteiger partial charge in [-0.15, -0.1) is 11.3 Å². The fourth-order valence-electron chi connectivity index (χ4n) is 3.74. The number of nitrogens with two attached hydrogens (primary N) is 1. The lowest BCUT2D eigenvalue weighted by atomic mass is 10.1. The maximum atomic E-state index is 13.4. The predicted molar refractivity (Wildman–Crippen MR) is 135 cm³/mol. The number of nitrogens with zero attached hydrogens (tertiary/aromatic N) is 4. The van der Waals surface area contributed by atoms with Crippen LogP contribution in [-0.4, -0.2) is 25.7 Å². The zero-order valence-corrected chi connectivity index (χ0v) is 19.9. The number of benzene rings is 2. The summed E-state index contributed by atoms with van der Waals surface area (Å²) in [7, 11) is 1.72. The Labute approximate surface area is 208 Å². The number of nitrogen functional groups attached to an aromatic ring is 1. The Bertz CT molecular complexity index is 1580. The van der Waals surface area contributed by atoms with Gasteiger partial charge < -0.3 is 16.4 Å². The Balaban J connectivity index is 1.26. The summed E-state index contributed by atoms with van der Waals surface area (Å²) in [5.41, 5.74) is 8.60. The molecule has 8 nitrogen and oxygen atoms in total. The van der Waals surface area contributed by atoms with Crippen LogP contribution in [0, 0.1) is 11.6 Å². The maximum Gasteiger partial charge on any atom is 0.256 e. The van der Waals surface area contributed by atoms with Crippen molar-refractivity contribution in [1.29, 1.82) is 0 Å². The summed E-state index contributed by atoms with van der Waals surface area (Å²) in [6.45, 7) is 0.518. The molecule has 2 aromatic carbocycles. The molecular weight excluding hydrogens is 484 g/mol. The summed E-state index contributed by atoms with van der Waals surface area (Å²) in [4.78, 5) is 23.1. The van der Waals surface area contributed by atoms with Gasteiger partial charge in [-0.05, 0) is 47.5 Å². The second-order valence-electron chi connectivity index (χ2n) is 8.11. The van der Waals surface area contributed by atoms with E-state index >= 15 is 0 Å². The average Bonchev–Trinajstić information content (AvgIpc) is 3.50. The normalized spacial score (nSPS) is 11.1. The monoisotopic (exact) mass is 505 g/mol. The van der Waals surface area contributed by atoms with E-state index in [0.717, 1.165) is 38.4 Å². The highest BCUT2D eigenvalue weighted by molar-refractivity contribution is 7.15. The third-order valence-electron chi connectivity index (χ3n) is 5.55. The molecule has 0 unspecified atom stereocenters. The van der Waals surface area contributed by atoms with Gasteiger partial charge in [-0.1, -0.05) is 12.1 Å². The van der Waals surface area contributed by atoms with Crippen LogP contribution in [0.1, 0.15) is 20.8 Å². The largest absolute Gasteiger partial charge is 0.383 e. The molecule has 0 atom stereocenters. The molecule has 0 bridgehead atoms. The molecule has 11 heteroatoms. The molecule has 0 aliphatic rings. The number of carbonyl (C=O) groups excluding carboxylic acids is 1. The van der Waals surface area contributed by atoms with E-state index in [2.05, 4.69) is 25.7 Å². The zero-order chi connectivity index (χ0) is 25.2. The molecule has 3 aromatic heterocycles. The topological polar surface area (TPSA) is 111 Å². The molecule has 0 saturated carbocycles. The molecule has 5 aromatic rings. The van der Waals surface area contributed by atoms with Gasteiger partial charge in [-0.2, -0.15) is 5.10 Å². The van der Waals surface area contributed by atoms with Crippen LogP contribution in [0.2, 0.25) is 0 Å². The molecule has 0 radical (unpaired) electrons. The summed E-state index contributed by atoms with van der Waals surface area (Å²) < 4.78 is 28.1. The van der Waals surface area contributed by atoms with E-state index in [1.165, 1.54) is 17.1 Å². The van der Waals surface area contributed by atoms with Crippen molar-refractivity contribution in [3.63, 3.8) is 0 Å². The van der Waals surface area contributed by atoms with Crippen molar-refractivity contribution in [2.24, 2.45) is 7.05 Å². The molecule has 0 spiro atoms. The number of thiophene rings is 1. The fraction of sp³-hybridized carbons (Fsp3) is 0.120. The first-order chi connectivity index (χ1) is 17.4. The molecule has 0 saturated heterocycles. The molecule has 0 aliphatic heterocycles. The smallest absolute Gasteiger partial charge is 0.256 e. The first kappa shape index (κ1) is 23.4. The molecule has 4 N–H and O–H groups in total. The van der Waals surface area contributed by atoms with Crippen molar-refractivity contribution in [2.45, 2.75) is 13.1 Å². The number of amides is 1. The lowest BCUT2D eigenvalue weighted by Gasteiger charge is -2.07. The van der Waals surface area contributed by atoms with Crippen molar-refractivity contribution in [3.8, 4) is 10.4 Å². The Morgan fingerprint density at radius 1 is 1.06 bits per heavy atom. The Hall–Kier alpha value is -4.38. The number of fused-ring (bicyclic) bond motifs is 1. The van der Waals surface area contributed by atoms with Crippen LogP contribution >= 0.6 is 11.3 Å². The zero-order valence-electron chi connectivity index (χ0n) is 19.1. The van der Waals surface area contributed by atoms with Crippen LogP contribution in [0.5, 0.6) is 0 Å². The van der Waals surface area contributed by atoms with Crippen molar-refractivity contribution in [3.05, 3.63) is 88.7 Å². The summed E-state index contributed by atoms with van der Waals surface area (Å²) in [5, 5.41) is 11.1. The van der Waals surface area contributed by atoms with Gasteiger partial charge in [0.15, 0.2) is 17.5 Å². The van der Waals surface area contributed by atoms with Gasteiger partial charge in [0.05, 0.1) is 12.1 Å². The SMILES string of the molecule is Cn1cc(C(=O)NCc2ccc(F)c(F)c2)c(NCc2ccc(-c3ccc4ncnc(N)c4c3)s2)n1. The van der Waals surface area contributed by atoms with Crippen LogP contribution in [0.25, 0.3) is 21.3 Å². The lowest BCUT2D eigenvalue weighted by molar-refractivity contribution is 0.0951. The van der Waals surface area contributed by atoms with Gasteiger partial charge >= 0.3 is 0 Å². The van der Waals surface area contributed by atoms with E-state index in [0.29, 0.717) is 29.3 Å². The number of halogens is 2. The van der Waals surface area contributed by atoms with E-state index < -0.39 is 11.6 Å². The van der Waals surface area contributed by atoms with E-state index in [1.807, 2.05) is 30.3 Å². The highest BCUT2D eigenvalue weighted by atomic mass is 32.1. The molecule has 3 heterocycles. The minimum Gasteiger partial charge on any atom is -0.383 e. The standard InChI is InChI=1S/C25H21F2N7OS/c1-34-12-18(25(35)30-10-14-2-5-19(26)20(27)8-14)24(33-34)29-11-16-4-7-22(36-16)15-3-6-21-17(9-15)23(28)32-13-31-21/h2-9,12-13H,10-11H2,1H3,(H,29,33)(H,30,35)(H2,28,31,32). The van der Waals surface area contributed by atoms with Gasteiger partial charge in [0.1, 0.15) is 17.7 Å². The maximum absolute atomic E-state index is 13.4. The third kappa shape index (κ3) is 4.86. The minimum absolute atomic E-state index is 0.0555. The quantitative estimate of drug-likeness (QED) is 0.301. The predicted octanol–water partition coefficient (Wildman–Crippen LogP) is 4.49. The Morgan fingerprint density at radius 2 is 1.92 bits per heavy atom. The minimum atomic E-state index is -0.957. The second-order valence-corrected chi connectivity index (χ2v) is 9.27. The van der Waals surface area contributed by atoms with Gasteiger partial charge in [-0.25, -0.2) is 18.7 Å². The number of nitrogens with one attached hydrogen (secondary N) is 2. The van der Waals surface area contributed by atoms with Crippen LogP contribution in [-0.2, 0) is 20.1 Å². The van der Waals surface area contributed by atoms with Crippen LogP contribution < -0.4 is 16.4 Å². The fourth-order valence-corrected chi connectivity index (χ4v) is 4.68. The second kappa shape index (κ2) is 9.70. The summed E-state index contributed by atoms with van der Waals surface area (Å²) in [5.74, 6) is -1.41. The van der Waals surface area contributed by atoms with Gasteiger partial charge in [0.2, 0.25) is 0 Å². The van der Waals surface area contributed by atoms with Crippen molar-refractivity contribution < 1.29 is 13.6 Å². The number of rotatable bonds is 7. The number of aryl methyl sites for hydroxylation is 1. The average molecular weight is 506 g/mol. The van der Waals surface area contributed by atoms with Gasteiger partial charge in [0, 0.05) is 34.9 Å². The van der Waals surface area contributed by atoms with E-state index in [-0.39, 0.29) is 12.5 Å². The lowest BCUT2D eigenvalue weighted by Crippen LogP contribution is -2.23. The summed E-state index contributed by atoms with van der Waals surface area (Å²) in [6, 6.07) is 13.4. The van der Waals surface area contributed by atoms with Gasteiger partial charge in [0.25, 0.3) is 5.91 Å². The number of aromatic nitrogens is 4. The molecule has 0 fully saturated rings. The number of hydrogen-bond donors (Lipinski definition) is 3. The highest BCUT2D eigenvalue weighted by Crippen LogP contribution is 2.31. The molecule has 5 rings (SSSR count). The van der Waals surface area contributed by atoms with E-state index in [9.17, 15) is 13.6 Å². The first-order valence-electron chi connectivity index (χ1n) is 11.0. The van der Waals surface area contributed by atoms with Crippen LogP contribution in [0.15, 0.2) is 61.1 Å². The van der Waals surface area contributed by atoms with Crippen LogP contribution in [0.4, 0.5) is 20.4 Å². The Kier molecular flexibility index (Phi) is 6.30. The third-order valence-corrected chi connectivity index (χ3v) is 6.69. The first-order valence-corrected chi connectivity index (χ1v) is 11.8. The number of anilines is 2. The van der Waals surface area contributed by atoms with Crippen molar-refractivity contribution in [2.75, 3.05) is 11.1 Å². The van der Waals surface area contributed by atoms with Crippen molar-refractivity contribution in [1.82, 2.24) is 25.1 Å². The van der Waals surface area contributed by atoms with Crippen LogP contribution in [0.3, 0.4) is 0 Å².